The second-order valence-electron chi connectivity index (χ2n) is 5.11. The Morgan fingerprint density at radius 3 is 2.48 bits per heavy atom. The van der Waals surface area contributed by atoms with E-state index in [-0.39, 0.29) is 11.8 Å². The lowest BCUT2D eigenvalue weighted by Crippen LogP contribution is -2.51. The average Bonchev–Trinajstić information content (AvgIpc) is 2.48. The topological polar surface area (TPSA) is 78.7 Å². The molecule has 1 heterocycles. The quantitative estimate of drug-likeness (QED) is 0.775. The summed E-state index contributed by atoms with van der Waals surface area (Å²) in [5, 5.41) is 2.78. The molecule has 1 aromatic carbocycles. The fourth-order valence-corrected chi connectivity index (χ4v) is 2.43. The first-order valence-electron chi connectivity index (χ1n) is 7.24. The molecule has 0 saturated carbocycles. The third-order valence-electron chi connectivity index (χ3n) is 3.59. The predicted octanol–water partition coefficient (Wildman–Crippen LogP) is 0.163. The molecule has 0 unspecified atom stereocenters. The maximum Gasteiger partial charge on any atom is 0.256 e. The van der Waals surface area contributed by atoms with Crippen LogP contribution in [0.5, 0.6) is 0 Å². The van der Waals surface area contributed by atoms with Gasteiger partial charge in [0.15, 0.2) is 0 Å². The first-order valence-corrected chi connectivity index (χ1v) is 7.24. The summed E-state index contributed by atoms with van der Waals surface area (Å²) in [6.07, 6.45) is 0. The molecule has 0 atom stereocenters. The van der Waals surface area contributed by atoms with Crippen molar-refractivity contribution in [1.82, 2.24) is 15.1 Å². The van der Waals surface area contributed by atoms with Crippen LogP contribution in [0.2, 0.25) is 0 Å². The molecule has 6 heteroatoms. The first kappa shape index (κ1) is 15.3. The van der Waals surface area contributed by atoms with E-state index in [1.807, 2.05) is 19.1 Å². The number of likely N-dealkylation sites (N-methyl/N-ethyl adjacent to an activating group) is 1. The summed E-state index contributed by atoms with van der Waals surface area (Å²) >= 11 is 0. The predicted molar refractivity (Wildman–Crippen MR) is 81.9 cm³/mol. The summed E-state index contributed by atoms with van der Waals surface area (Å²) in [5.41, 5.74) is 6.90. The largest absolute Gasteiger partial charge is 0.398 e. The minimum atomic E-state index is -0.0363. The van der Waals surface area contributed by atoms with Crippen molar-refractivity contribution < 1.29 is 9.59 Å². The SMILES string of the molecule is CCNC(=O)CN1CCN(C(=O)c2ccccc2N)CC1. The lowest BCUT2D eigenvalue weighted by Gasteiger charge is -2.34. The van der Waals surface area contributed by atoms with E-state index in [1.54, 1.807) is 17.0 Å². The molecule has 0 bridgehead atoms. The third kappa shape index (κ3) is 3.95. The van der Waals surface area contributed by atoms with Gasteiger partial charge < -0.3 is 16.0 Å². The summed E-state index contributed by atoms with van der Waals surface area (Å²) in [6, 6.07) is 7.11. The molecule has 6 nitrogen and oxygen atoms in total. The number of nitrogen functional groups attached to an aromatic ring is 1. The smallest absolute Gasteiger partial charge is 0.256 e. The molecular weight excluding hydrogens is 268 g/mol. The molecule has 114 valence electrons. The lowest BCUT2D eigenvalue weighted by atomic mass is 10.1. The summed E-state index contributed by atoms with van der Waals surface area (Å²) < 4.78 is 0. The van der Waals surface area contributed by atoms with E-state index < -0.39 is 0 Å². The van der Waals surface area contributed by atoms with Crippen LogP contribution in [0, 0.1) is 0 Å². The molecule has 1 aliphatic heterocycles. The molecule has 1 saturated heterocycles. The Labute approximate surface area is 124 Å². The zero-order valence-corrected chi connectivity index (χ0v) is 12.3. The molecule has 0 aromatic heterocycles. The Kier molecular flexibility index (Phi) is 5.16. The minimum absolute atomic E-state index is 0.0320. The molecule has 1 aromatic rings. The number of hydrogen-bond acceptors (Lipinski definition) is 4. The van der Waals surface area contributed by atoms with Gasteiger partial charge in [0.1, 0.15) is 0 Å². The minimum Gasteiger partial charge on any atom is -0.398 e. The van der Waals surface area contributed by atoms with Crippen molar-refractivity contribution in [2.75, 3.05) is 45.0 Å². The van der Waals surface area contributed by atoms with Gasteiger partial charge in [0.25, 0.3) is 5.91 Å². The highest BCUT2D eigenvalue weighted by atomic mass is 16.2. The Bertz CT molecular complexity index is 510. The lowest BCUT2D eigenvalue weighted by molar-refractivity contribution is -0.122. The van der Waals surface area contributed by atoms with Crippen molar-refractivity contribution >= 4 is 17.5 Å². The van der Waals surface area contributed by atoms with Crippen molar-refractivity contribution in [3.05, 3.63) is 29.8 Å². The number of nitrogens with zero attached hydrogens (tertiary/aromatic N) is 2. The van der Waals surface area contributed by atoms with Crippen LogP contribution in [-0.4, -0.2) is 60.9 Å². The molecule has 3 N–H and O–H groups in total. The Morgan fingerprint density at radius 2 is 1.86 bits per heavy atom. The highest BCUT2D eigenvalue weighted by Gasteiger charge is 2.23. The number of carbonyl (C=O) groups excluding carboxylic acids is 2. The van der Waals surface area contributed by atoms with E-state index in [2.05, 4.69) is 10.2 Å². The van der Waals surface area contributed by atoms with Crippen LogP contribution < -0.4 is 11.1 Å². The summed E-state index contributed by atoms with van der Waals surface area (Å²) in [7, 11) is 0. The van der Waals surface area contributed by atoms with Crippen molar-refractivity contribution in [3.8, 4) is 0 Å². The van der Waals surface area contributed by atoms with Crippen molar-refractivity contribution in [3.63, 3.8) is 0 Å². The molecule has 0 radical (unpaired) electrons. The van der Waals surface area contributed by atoms with E-state index in [4.69, 9.17) is 5.73 Å². The van der Waals surface area contributed by atoms with Gasteiger partial charge >= 0.3 is 0 Å². The van der Waals surface area contributed by atoms with Crippen molar-refractivity contribution in [2.45, 2.75) is 6.92 Å². The monoisotopic (exact) mass is 290 g/mol. The molecule has 1 aliphatic rings. The van der Waals surface area contributed by atoms with E-state index in [0.717, 1.165) is 0 Å². The van der Waals surface area contributed by atoms with Gasteiger partial charge in [-0.15, -0.1) is 0 Å². The second kappa shape index (κ2) is 7.08. The molecular formula is C15H22N4O2. The van der Waals surface area contributed by atoms with E-state index >= 15 is 0 Å². The Balaban J connectivity index is 1.88. The van der Waals surface area contributed by atoms with Crippen LogP contribution in [0.15, 0.2) is 24.3 Å². The van der Waals surface area contributed by atoms with Crippen LogP contribution in [0.3, 0.4) is 0 Å². The van der Waals surface area contributed by atoms with Gasteiger partial charge in [0, 0.05) is 38.4 Å². The summed E-state index contributed by atoms with van der Waals surface area (Å²) in [5.74, 6) is -0.00431. The number of carbonyl (C=O) groups is 2. The van der Waals surface area contributed by atoms with Crippen LogP contribution in [0.1, 0.15) is 17.3 Å². The van der Waals surface area contributed by atoms with Crippen molar-refractivity contribution in [2.24, 2.45) is 0 Å². The number of rotatable bonds is 4. The van der Waals surface area contributed by atoms with E-state index in [9.17, 15) is 9.59 Å². The van der Waals surface area contributed by atoms with Crippen LogP contribution >= 0.6 is 0 Å². The number of anilines is 1. The van der Waals surface area contributed by atoms with Crippen LogP contribution in [0.25, 0.3) is 0 Å². The third-order valence-corrected chi connectivity index (χ3v) is 3.59. The Hall–Kier alpha value is -2.08. The van der Waals surface area contributed by atoms with Gasteiger partial charge in [-0.25, -0.2) is 0 Å². The van der Waals surface area contributed by atoms with Crippen LogP contribution in [-0.2, 0) is 4.79 Å². The zero-order chi connectivity index (χ0) is 15.2. The second-order valence-corrected chi connectivity index (χ2v) is 5.11. The zero-order valence-electron chi connectivity index (χ0n) is 12.3. The molecule has 21 heavy (non-hydrogen) atoms. The average molecular weight is 290 g/mol. The first-order chi connectivity index (χ1) is 10.1. The fraction of sp³-hybridized carbons (Fsp3) is 0.467. The fourth-order valence-electron chi connectivity index (χ4n) is 2.43. The molecule has 2 amide bonds. The van der Waals surface area contributed by atoms with Gasteiger partial charge in [-0.3, -0.25) is 14.5 Å². The van der Waals surface area contributed by atoms with Gasteiger partial charge in [-0.2, -0.15) is 0 Å². The number of para-hydroxylation sites is 1. The molecule has 2 rings (SSSR count). The highest BCUT2D eigenvalue weighted by molar-refractivity contribution is 5.99. The van der Waals surface area contributed by atoms with Gasteiger partial charge in [-0.1, -0.05) is 12.1 Å². The maximum absolute atomic E-state index is 12.4. The summed E-state index contributed by atoms with van der Waals surface area (Å²) in [6.45, 7) is 5.58. The number of piperazine rings is 1. The number of nitrogens with one attached hydrogen (secondary N) is 1. The number of benzene rings is 1. The number of amides is 2. The van der Waals surface area contributed by atoms with Gasteiger partial charge in [-0.05, 0) is 19.1 Å². The van der Waals surface area contributed by atoms with Crippen molar-refractivity contribution in [1.29, 1.82) is 0 Å². The highest BCUT2D eigenvalue weighted by Crippen LogP contribution is 2.14. The normalized spacial score (nSPS) is 15.8. The Morgan fingerprint density at radius 1 is 1.19 bits per heavy atom. The van der Waals surface area contributed by atoms with E-state index in [0.29, 0.717) is 50.5 Å². The maximum atomic E-state index is 12.4. The van der Waals surface area contributed by atoms with Gasteiger partial charge in [0.2, 0.25) is 5.91 Å². The van der Waals surface area contributed by atoms with E-state index in [1.165, 1.54) is 0 Å². The molecule has 0 spiro atoms. The number of nitrogens with two attached hydrogens (primary N) is 1. The molecule has 0 aliphatic carbocycles. The van der Waals surface area contributed by atoms with Gasteiger partial charge in [0.05, 0.1) is 12.1 Å². The number of hydrogen-bond donors (Lipinski definition) is 2. The van der Waals surface area contributed by atoms with Crippen LogP contribution in [0.4, 0.5) is 5.69 Å². The molecule has 1 fully saturated rings. The summed E-state index contributed by atoms with van der Waals surface area (Å²) in [4.78, 5) is 27.8. The standard InChI is InChI=1S/C15H22N4O2/c1-2-17-14(20)11-18-7-9-19(10-8-18)15(21)12-5-3-4-6-13(12)16/h3-6H,2,7-11,16H2,1H3,(H,17,20).